The van der Waals surface area contributed by atoms with Crippen molar-refractivity contribution < 1.29 is 4.79 Å². The van der Waals surface area contributed by atoms with Crippen molar-refractivity contribution in [1.29, 1.82) is 5.26 Å². The predicted octanol–water partition coefficient (Wildman–Crippen LogP) is 2.88. The number of carbonyl (C=O) groups is 1. The van der Waals surface area contributed by atoms with Gasteiger partial charge in [0.05, 0.1) is 18.1 Å². The number of hydrogen-bond acceptors (Lipinski definition) is 3. The molecule has 0 fully saturated rings. The second-order valence-corrected chi connectivity index (χ2v) is 4.60. The monoisotopic (exact) mass is 259 g/mol. The molecule has 1 aromatic rings. The minimum absolute atomic E-state index is 0.0537. The highest BCUT2D eigenvalue weighted by atomic mass is 16.2. The number of hydrogen-bond donors (Lipinski definition) is 1. The summed E-state index contributed by atoms with van der Waals surface area (Å²) in [4.78, 5) is 14.0. The van der Waals surface area contributed by atoms with Gasteiger partial charge in [-0.3, -0.25) is 4.79 Å². The van der Waals surface area contributed by atoms with Gasteiger partial charge in [-0.1, -0.05) is 19.1 Å². The first-order valence-electron chi connectivity index (χ1n) is 6.58. The molecule has 1 N–H and O–H groups in total. The lowest BCUT2D eigenvalue weighted by atomic mass is 10.1. The number of nitriles is 1. The van der Waals surface area contributed by atoms with Gasteiger partial charge in [0.2, 0.25) is 0 Å². The van der Waals surface area contributed by atoms with E-state index in [4.69, 9.17) is 5.26 Å². The Hall–Kier alpha value is -2.02. The van der Waals surface area contributed by atoms with E-state index in [9.17, 15) is 4.79 Å². The van der Waals surface area contributed by atoms with E-state index in [0.717, 1.165) is 18.7 Å². The van der Waals surface area contributed by atoms with Crippen molar-refractivity contribution in [3.05, 3.63) is 29.8 Å². The molecule has 4 heteroatoms. The van der Waals surface area contributed by atoms with Gasteiger partial charge in [0.25, 0.3) is 5.91 Å². The second-order valence-electron chi connectivity index (χ2n) is 4.60. The van der Waals surface area contributed by atoms with E-state index < -0.39 is 0 Å². The van der Waals surface area contributed by atoms with Gasteiger partial charge in [0.1, 0.15) is 0 Å². The first-order valence-corrected chi connectivity index (χ1v) is 6.58. The zero-order chi connectivity index (χ0) is 14.3. The Morgan fingerprint density at radius 3 is 2.79 bits per heavy atom. The molecule has 0 radical (unpaired) electrons. The van der Waals surface area contributed by atoms with E-state index in [1.54, 1.807) is 11.9 Å². The van der Waals surface area contributed by atoms with Crippen LogP contribution in [0.5, 0.6) is 0 Å². The molecule has 0 aliphatic heterocycles. The second kappa shape index (κ2) is 7.42. The highest BCUT2D eigenvalue weighted by Crippen LogP contribution is 2.18. The number of rotatable bonds is 6. The zero-order valence-electron chi connectivity index (χ0n) is 11.8. The number of anilines is 1. The molecular formula is C15H21N3O. The average Bonchev–Trinajstić information content (AvgIpc) is 2.44. The van der Waals surface area contributed by atoms with Crippen LogP contribution in [-0.4, -0.2) is 30.4 Å². The standard InChI is InChI=1S/C15H21N3O/c1-4-11-17-14-8-6-5-7-13(14)15(19)18(3)12(2)9-10-16/h5-8,12,17H,4,9,11H2,1-3H3. The molecule has 1 amide bonds. The largest absolute Gasteiger partial charge is 0.384 e. The highest BCUT2D eigenvalue weighted by Gasteiger charge is 2.19. The molecule has 0 aromatic heterocycles. The van der Waals surface area contributed by atoms with Crippen LogP contribution in [0.2, 0.25) is 0 Å². The lowest BCUT2D eigenvalue weighted by Crippen LogP contribution is -2.35. The van der Waals surface area contributed by atoms with Crippen LogP contribution in [0, 0.1) is 11.3 Å². The summed E-state index contributed by atoms with van der Waals surface area (Å²) in [5.74, 6) is -0.0537. The molecule has 0 bridgehead atoms. The SMILES string of the molecule is CCCNc1ccccc1C(=O)N(C)C(C)CC#N. The van der Waals surface area contributed by atoms with Crippen molar-refractivity contribution in [2.75, 3.05) is 18.9 Å². The van der Waals surface area contributed by atoms with Crippen LogP contribution in [0.1, 0.15) is 37.0 Å². The molecular weight excluding hydrogens is 238 g/mol. The third kappa shape index (κ3) is 3.99. The van der Waals surface area contributed by atoms with Gasteiger partial charge >= 0.3 is 0 Å². The molecule has 0 aliphatic carbocycles. The Kier molecular flexibility index (Phi) is 5.87. The maximum absolute atomic E-state index is 12.4. The van der Waals surface area contributed by atoms with Gasteiger partial charge in [0, 0.05) is 25.3 Å². The van der Waals surface area contributed by atoms with E-state index in [0.29, 0.717) is 12.0 Å². The van der Waals surface area contributed by atoms with Crippen LogP contribution in [0.3, 0.4) is 0 Å². The molecule has 102 valence electrons. The van der Waals surface area contributed by atoms with Gasteiger partial charge < -0.3 is 10.2 Å². The van der Waals surface area contributed by atoms with Crippen molar-refractivity contribution in [3.8, 4) is 6.07 Å². The average molecular weight is 259 g/mol. The first kappa shape index (κ1) is 15.0. The highest BCUT2D eigenvalue weighted by molar-refractivity contribution is 5.99. The molecule has 4 nitrogen and oxygen atoms in total. The van der Waals surface area contributed by atoms with Crippen molar-refractivity contribution in [2.24, 2.45) is 0 Å². The minimum Gasteiger partial charge on any atom is -0.384 e. The van der Waals surface area contributed by atoms with Gasteiger partial charge in [-0.05, 0) is 25.5 Å². The number of carbonyl (C=O) groups excluding carboxylic acids is 1. The van der Waals surface area contributed by atoms with Gasteiger partial charge in [-0.25, -0.2) is 0 Å². The Balaban J connectivity index is 2.90. The summed E-state index contributed by atoms with van der Waals surface area (Å²) >= 11 is 0. The maximum atomic E-state index is 12.4. The van der Waals surface area contributed by atoms with E-state index in [-0.39, 0.29) is 11.9 Å². The maximum Gasteiger partial charge on any atom is 0.255 e. The molecule has 1 rings (SSSR count). The smallest absolute Gasteiger partial charge is 0.255 e. The number of para-hydroxylation sites is 1. The zero-order valence-corrected chi connectivity index (χ0v) is 11.8. The van der Waals surface area contributed by atoms with Crippen LogP contribution in [0.15, 0.2) is 24.3 Å². The molecule has 19 heavy (non-hydrogen) atoms. The number of nitrogens with one attached hydrogen (secondary N) is 1. The summed E-state index contributed by atoms with van der Waals surface area (Å²) in [7, 11) is 1.74. The van der Waals surface area contributed by atoms with E-state index in [2.05, 4.69) is 18.3 Å². The fraction of sp³-hybridized carbons (Fsp3) is 0.467. The molecule has 0 saturated heterocycles. The third-order valence-corrected chi connectivity index (χ3v) is 3.09. The number of nitrogens with zero attached hydrogens (tertiary/aromatic N) is 2. The lowest BCUT2D eigenvalue weighted by Gasteiger charge is -2.24. The van der Waals surface area contributed by atoms with Crippen molar-refractivity contribution in [2.45, 2.75) is 32.7 Å². The molecule has 0 aliphatic rings. The quantitative estimate of drug-likeness (QED) is 0.854. The normalized spacial score (nSPS) is 11.5. The molecule has 1 unspecified atom stereocenters. The van der Waals surface area contributed by atoms with Crippen LogP contribution in [-0.2, 0) is 0 Å². The fourth-order valence-corrected chi connectivity index (χ4v) is 1.74. The summed E-state index contributed by atoms with van der Waals surface area (Å²) in [6.07, 6.45) is 1.34. The van der Waals surface area contributed by atoms with E-state index >= 15 is 0 Å². The summed E-state index contributed by atoms with van der Waals surface area (Å²) in [6.45, 7) is 4.80. The first-order chi connectivity index (χ1) is 9.11. The Labute approximate surface area is 115 Å². The summed E-state index contributed by atoms with van der Waals surface area (Å²) in [5, 5.41) is 12.0. The van der Waals surface area contributed by atoms with Crippen molar-refractivity contribution >= 4 is 11.6 Å². The van der Waals surface area contributed by atoms with Gasteiger partial charge in [-0.2, -0.15) is 5.26 Å². The van der Waals surface area contributed by atoms with E-state index in [1.165, 1.54) is 0 Å². The van der Waals surface area contributed by atoms with Crippen molar-refractivity contribution in [3.63, 3.8) is 0 Å². The summed E-state index contributed by atoms with van der Waals surface area (Å²) in [5.41, 5.74) is 1.51. The minimum atomic E-state index is -0.0864. The fourth-order valence-electron chi connectivity index (χ4n) is 1.74. The van der Waals surface area contributed by atoms with Gasteiger partial charge in [0.15, 0.2) is 0 Å². The molecule has 0 saturated carbocycles. The van der Waals surface area contributed by atoms with Gasteiger partial charge in [-0.15, -0.1) is 0 Å². The number of benzene rings is 1. The molecule has 1 atom stereocenters. The predicted molar refractivity (Wildman–Crippen MR) is 77.0 cm³/mol. The van der Waals surface area contributed by atoms with E-state index in [1.807, 2.05) is 31.2 Å². The molecule has 0 spiro atoms. The molecule has 0 heterocycles. The lowest BCUT2D eigenvalue weighted by molar-refractivity contribution is 0.0747. The summed E-state index contributed by atoms with van der Waals surface area (Å²) < 4.78 is 0. The third-order valence-electron chi connectivity index (χ3n) is 3.09. The van der Waals surface area contributed by atoms with Crippen LogP contribution in [0.4, 0.5) is 5.69 Å². The Morgan fingerprint density at radius 1 is 1.47 bits per heavy atom. The molecule has 1 aromatic carbocycles. The van der Waals surface area contributed by atoms with Crippen molar-refractivity contribution in [1.82, 2.24) is 4.90 Å². The topological polar surface area (TPSA) is 56.1 Å². The Morgan fingerprint density at radius 2 is 2.16 bits per heavy atom. The number of amides is 1. The summed E-state index contributed by atoms with van der Waals surface area (Å²) in [6, 6.07) is 9.50. The van der Waals surface area contributed by atoms with Crippen LogP contribution < -0.4 is 5.32 Å². The van der Waals surface area contributed by atoms with Crippen LogP contribution >= 0.6 is 0 Å². The van der Waals surface area contributed by atoms with Crippen LogP contribution in [0.25, 0.3) is 0 Å². The Bertz CT molecular complexity index is 465.